The van der Waals surface area contributed by atoms with Crippen LogP contribution in [-0.2, 0) is 20.9 Å². The van der Waals surface area contributed by atoms with E-state index in [9.17, 15) is 19.5 Å². The number of nitrogens with two attached hydrogens (primary N) is 1. The maximum atomic E-state index is 13.9. The predicted molar refractivity (Wildman–Crippen MR) is 156 cm³/mol. The van der Waals surface area contributed by atoms with Crippen molar-refractivity contribution >= 4 is 23.5 Å². The van der Waals surface area contributed by atoms with Crippen LogP contribution in [-0.4, -0.2) is 78.2 Å². The Labute approximate surface area is 242 Å². The summed E-state index contributed by atoms with van der Waals surface area (Å²) in [4.78, 5) is 44.4. The second kappa shape index (κ2) is 13.8. The number of likely N-dealkylation sites (tertiary alicyclic amines) is 1. The van der Waals surface area contributed by atoms with Gasteiger partial charge in [0.05, 0.1) is 12.5 Å². The molecule has 3 unspecified atom stereocenters. The molecule has 2 aromatic carbocycles. The van der Waals surface area contributed by atoms with Gasteiger partial charge in [-0.2, -0.15) is 0 Å². The van der Waals surface area contributed by atoms with Crippen molar-refractivity contribution in [2.24, 2.45) is 11.7 Å². The summed E-state index contributed by atoms with van der Waals surface area (Å²) in [5.74, 6) is -0.970. The van der Waals surface area contributed by atoms with Crippen molar-refractivity contribution in [1.29, 1.82) is 0 Å². The van der Waals surface area contributed by atoms with Crippen LogP contribution in [0.25, 0.3) is 0 Å². The molecule has 222 valence electrons. The first-order chi connectivity index (χ1) is 19.8. The molecule has 10 nitrogen and oxygen atoms in total. The number of carbonyl (C=O) groups is 3. The molecule has 2 aliphatic heterocycles. The minimum absolute atomic E-state index is 0.0576. The lowest BCUT2D eigenvalue weighted by Gasteiger charge is -2.31. The van der Waals surface area contributed by atoms with Crippen LogP contribution in [0.15, 0.2) is 42.5 Å². The van der Waals surface area contributed by atoms with Gasteiger partial charge in [0.2, 0.25) is 18.6 Å². The Morgan fingerprint density at radius 3 is 2.54 bits per heavy atom. The topological polar surface area (TPSA) is 126 Å². The van der Waals surface area contributed by atoms with Gasteiger partial charge < -0.3 is 30.1 Å². The van der Waals surface area contributed by atoms with Crippen molar-refractivity contribution in [3.63, 3.8) is 0 Å². The molecule has 2 amide bonds. The Morgan fingerprint density at radius 2 is 1.85 bits per heavy atom. The summed E-state index contributed by atoms with van der Waals surface area (Å²) in [6.45, 7) is 7.98. The fourth-order valence-corrected chi connectivity index (χ4v) is 5.98. The third kappa shape index (κ3) is 7.00. The third-order valence-electron chi connectivity index (χ3n) is 8.21. The molecule has 0 radical (unpaired) electrons. The molecule has 2 heterocycles. The quantitative estimate of drug-likeness (QED) is 0.378. The molecule has 0 aliphatic carbocycles. The summed E-state index contributed by atoms with van der Waals surface area (Å²) in [6, 6.07) is 12.8. The average molecular weight is 567 g/mol. The number of anilines is 1. The van der Waals surface area contributed by atoms with E-state index < -0.39 is 17.9 Å². The van der Waals surface area contributed by atoms with Crippen molar-refractivity contribution in [2.75, 3.05) is 44.4 Å². The van der Waals surface area contributed by atoms with E-state index in [1.807, 2.05) is 54.3 Å². The first kappa shape index (κ1) is 30.3. The molecule has 1 saturated heterocycles. The Hall–Kier alpha value is -3.63. The zero-order valence-corrected chi connectivity index (χ0v) is 24.3. The minimum Gasteiger partial charge on any atom is -0.481 e. The van der Waals surface area contributed by atoms with Crippen molar-refractivity contribution in [1.82, 2.24) is 9.80 Å². The lowest BCUT2D eigenvalue weighted by molar-refractivity contribution is -0.143. The fraction of sp³-hybridized carbons (Fsp3) is 0.516. The molecule has 2 aliphatic rings. The zero-order chi connectivity index (χ0) is 29.5. The van der Waals surface area contributed by atoms with Crippen LogP contribution in [0.2, 0.25) is 0 Å². The van der Waals surface area contributed by atoms with E-state index in [0.29, 0.717) is 50.6 Å². The monoisotopic (exact) mass is 566 g/mol. The molecular weight excluding hydrogens is 524 g/mol. The number of amides is 2. The highest BCUT2D eigenvalue weighted by Crippen LogP contribution is 2.42. The summed E-state index contributed by atoms with van der Waals surface area (Å²) < 4.78 is 11.0. The second-order valence-corrected chi connectivity index (χ2v) is 10.7. The van der Waals surface area contributed by atoms with Gasteiger partial charge in [0.1, 0.15) is 0 Å². The maximum absolute atomic E-state index is 13.9. The fourth-order valence-electron chi connectivity index (χ4n) is 5.98. The molecule has 3 atom stereocenters. The number of rotatable bonds is 13. The molecule has 10 heteroatoms. The molecule has 0 saturated carbocycles. The summed E-state index contributed by atoms with van der Waals surface area (Å²) in [7, 11) is 0. The van der Waals surface area contributed by atoms with E-state index in [4.69, 9.17) is 15.2 Å². The largest absolute Gasteiger partial charge is 0.481 e. The highest BCUT2D eigenvalue weighted by molar-refractivity contribution is 5.95. The van der Waals surface area contributed by atoms with Crippen LogP contribution in [0.5, 0.6) is 11.5 Å². The number of fused-ring (bicyclic) bond motifs is 1. The van der Waals surface area contributed by atoms with Gasteiger partial charge in [0, 0.05) is 57.3 Å². The molecule has 0 bridgehead atoms. The van der Waals surface area contributed by atoms with Crippen molar-refractivity contribution < 1.29 is 29.0 Å². The standard InChI is InChI=1S/C31H42N4O6/c1-4-6-13-35(24-9-7-8-22(15-24)17-32)29(37)19-34-18-25(23-10-11-27-28(16-23)41-20-40-27)30(31(38)39)26(34)12-14-33(5-2)21(3)36/h7-11,15-16,25-26,30H,4-6,12-14,17-20,32H2,1-3H3,(H,38,39). The Balaban J connectivity index is 1.65. The molecular formula is C31H42N4O6. The lowest BCUT2D eigenvalue weighted by Crippen LogP contribution is -2.46. The number of hydrogen-bond acceptors (Lipinski definition) is 7. The van der Waals surface area contributed by atoms with Gasteiger partial charge in [0.25, 0.3) is 0 Å². The number of hydrogen-bond donors (Lipinski definition) is 2. The Morgan fingerprint density at radius 1 is 1.07 bits per heavy atom. The summed E-state index contributed by atoms with van der Waals surface area (Å²) >= 11 is 0. The molecule has 3 N–H and O–H groups in total. The van der Waals surface area contributed by atoms with Crippen LogP contribution in [0.4, 0.5) is 5.69 Å². The molecule has 0 spiro atoms. The van der Waals surface area contributed by atoms with Gasteiger partial charge in [-0.25, -0.2) is 0 Å². The average Bonchev–Trinajstić information content (AvgIpc) is 3.58. The number of ether oxygens (including phenoxy) is 2. The van der Waals surface area contributed by atoms with E-state index in [2.05, 4.69) is 6.92 Å². The molecule has 2 aromatic rings. The summed E-state index contributed by atoms with van der Waals surface area (Å²) in [5, 5.41) is 10.5. The predicted octanol–water partition coefficient (Wildman–Crippen LogP) is 3.43. The maximum Gasteiger partial charge on any atom is 0.308 e. The number of carboxylic acid groups (broad SMARTS) is 1. The number of carbonyl (C=O) groups excluding carboxylic acids is 2. The SMILES string of the molecule is CCCCN(C(=O)CN1CC(c2ccc3c(c2)OCO3)C(C(=O)O)C1CCN(CC)C(C)=O)c1cccc(CN)c1. The van der Waals surface area contributed by atoms with E-state index in [0.717, 1.165) is 29.7 Å². The van der Waals surface area contributed by atoms with E-state index in [-0.39, 0.29) is 31.1 Å². The van der Waals surface area contributed by atoms with Crippen molar-refractivity contribution in [2.45, 2.75) is 58.5 Å². The molecule has 1 fully saturated rings. The van der Waals surface area contributed by atoms with E-state index in [1.54, 1.807) is 9.80 Å². The van der Waals surface area contributed by atoms with Crippen molar-refractivity contribution in [3.8, 4) is 11.5 Å². The molecule has 41 heavy (non-hydrogen) atoms. The van der Waals surface area contributed by atoms with Crippen LogP contribution >= 0.6 is 0 Å². The van der Waals surface area contributed by atoms with Gasteiger partial charge in [0.15, 0.2) is 11.5 Å². The van der Waals surface area contributed by atoms with Gasteiger partial charge in [-0.15, -0.1) is 0 Å². The van der Waals surface area contributed by atoms with Crippen LogP contribution < -0.4 is 20.1 Å². The Bertz CT molecular complexity index is 1240. The van der Waals surface area contributed by atoms with Gasteiger partial charge >= 0.3 is 5.97 Å². The lowest BCUT2D eigenvalue weighted by atomic mass is 9.84. The highest BCUT2D eigenvalue weighted by Gasteiger charge is 2.47. The zero-order valence-electron chi connectivity index (χ0n) is 24.3. The first-order valence-corrected chi connectivity index (χ1v) is 14.5. The van der Waals surface area contributed by atoms with E-state index in [1.165, 1.54) is 6.92 Å². The van der Waals surface area contributed by atoms with Crippen LogP contribution in [0.3, 0.4) is 0 Å². The molecule has 0 aromatic heterocycles. The second-order valence-electron chi connectivity index (χ2n) is 10.7. The number of benzene rings is 2. The Kier molecular flexibility index (Phi) is 10.2. The third-order valence-corrected chi connectivity index (χ3v) is 8.21. The minimum atomic E-state index is -0.919. The van der Waals surface area contributed by atoms with Gasteiger partial charge in [-0.05, 0) is 55.2 Å². The smallest absolute Gasteiger partial charge is 0.308 e. The van der Waals surface area contributed by atoms with Crippen LogP contribution in [0.1, 0.15) is 57.1 Å². The van der Waals surface area contributed by atoms with Gasteiger partial charge in [-0.1, -0.05) is 31.5 Å². The van der Waals surface area contributed by atoms with Crippen LogP contribution in [0, 0.1) is 5.92 Å². The highest BCUT2D eigenvalue weighted by atomic mass is 16.7. The molecule has 4 rings (SSSR count). The summed E-state index contributed by atoms with van der Waals surface area (Å²) in [6.07, 6.45) is 2.21. The number of unbranched alkanes of at least 4 members (excludes halogenated alkanes) is 1. The van der Waals surface area contributed by atoms with Gasteiger partial charge in [-0.3, -0.25) is 19.3 Å². The number of nitrogens with zero attached hydrogens (tertiary/aromatic N) is 3. The first-order valence-electron chi connectivity index (χ1n) is 14.5. The van der Waals surface area contributed by atoms with Crippen molar-refractivity contribution in [3.05, 3.63) is 53.6 Å². The summed E-state index contributed by atoms with van der Waals surface area (Å²) in [5.41, 5.74) is 8.43. The number of carboxylic acids is 1. The normalized spacial score (nSPS) is 19.8. The van der Waals surface area contributed by atoms with E-state index >= 15 is 0 Å². The number of aliphatic carboxylic acids is 1.